The summed E-state index contributed by atoms with van der Waals surface area (Å²) in [5.41, 5.74) is 1.08. The van der Waals surface area contributed by atoms with Gasteiger partial charge in [-0.2, -0.15) is 5.10 Å². The summed E-state index contributed by atoms with van der Waals surface area (Å²) in [5.74, 6) is -0.111. The van der Waals surface area contributed by atoms with Crippen LogP contribution in [0.4, 0.5) is 0 Å². The normalized spacial score (nSPS) is 26.4. The van der Waals surface area contributed by atoms with E-state index in [2.05, 4.69) is 10.4 Å². The highest BCUT2D eigenvalue weighted by Gasteiger charge is 2.48. The van der Waals surface area contributed by atoms with Gasteiger partial charge in [-0.15, -0.1) is 0 Å². The van der Waals surface area contributed by atoms with Gasteiger partial charge in [-0.3, -0.25) is 9.48 Å². The number of aliphatic hydroxyl groups is 1. The van der Waals surface area contributed by atoms with Crippen LogP contribution < -0.4 is 5.32 Å². The SMILES string of the molecule is Cc1nn(C)cc1C(=O)NC1CC(O)C1(C)C. The molecule has 0 radical (unpaired) electrons. The van der Waals surface area contributed by atoms with E-state index < -0.39 is 0 Å². The number of hydrogen-bond acceptors (Lipinski definition) is 3. The monoisotopic (exact) mass is 237 g/mol. The van der Waals surface area contributed by atoms with Crippen molar-refractivity contribution in [1.82, 2.24) is 15.1 Å². The third kappa shape index (κ3) is 1.95. The summed E-state index contributed by atoms with van der Waals surface area (Å²) in [6.07, 6.45) is 2.01. The molecule has 2 atom stereocenters. The van der Waals surface area contributed by atoms with Crippen molar-refractivity contribution < 1.29 is 9.90 Å². The summed E-state index contributed by atoms with van der Waals surface area (Å²) in [7, 11) is 1.79. The van der Waals surface area contributed by atoms with Crippen LogP contribution in [0.25, 0.3) is 0 Å². The fourth-order valence-electron chi connectivity index (χ4n) is 2.21. The molecule has 1 aromatic heterocycles. The number of carbonyl (C=O) groups excluding carboxylic acids is 1. The molecule has 0 aromatic carbocycles. The highest BCUT2D eigenvalue weighted by Crippen LogP contribution is 2.40. The van der Waals surface area contributed by atoms with E-state index in [4.69, 9.17) is 0 Å². The molecule has 0 bridgehead atoms. The first-order chi connectivity index (χ1) is 7.82. The minimum Gasteiger partial charge on any atom is -0.392 e. The largest absolute Gasteiger partial charge is 0.392 e. The number of hydrogen-bond donors (Lipinski definition) is 2. The number of rotatable bonds is 2. The van der Waals surface area contributed by atoms with Crippen LogP contribution in [0.2, 0.25) is 0 Å². The van der Waals surface area contributed by atoms with Gasteiger partial charge in [-0.1, -0.05) is 13.8 Å². The Morgan fingerprint density at radius 3 is 2.71 bits per heavy atom. The smallest absolute Gasteiger partial charge is 0.254 e. The number of carbonyl (C=O) groups is 1. The van der Waals surface area contributed by atoms with Crippen LogP contribution >= 0.6 is 0 Å². The predicted octanol–water partition coefficient (Wildman–Crippen LogP) is 0.618. The van der Waals surface area contributed by atoms with E-state index in [1.165, 1.54) is 0 Å². The summed E-state index contributed by atoms with van der Waals surface area (Å²) in [6, 6.07) is 0.0320. The lowest BCUT2D eigenvalue weighted by molar-refractivity contribution is -0.0689. The summed E-state index contributed by atoms with van der Waals surface area (Å²) in [5, 5.41) is 16.7. The van der Waals surface area contributed by atoms with Crippen LogP contribution in [-0.2, 0) is 7.05 Å². The van der Waals surface area contributed by atoms with Crippen molar-refractivity contribution in [2.75, 3.05) is 0 Å². The maximum absolute atomic E-state index is 12.0. The van der Waals surface area contributed by atoms with E-state index in [0.29, 0.717) is 12.0 Å². The van der Waals surface area contributed by atoms with Crippen LogP contribution in [-0.4, -0.2) is 32.9 Å². The Kier molecular flexibility index (Phi) is 2.73. The Hall–Kier alpha value is -1.36. The average molecular weight is 237 g/mol. The third-order valence-corrected chi connectivity index (χ3v) is 3.78. The number of aryl methyl sites for hydroxylation is 2. The second-order valence-corrected chi connectivity index (χ2v) is 5.40. The van der Waals surface area contributed by atoms with Gasteiger partial charge in [0.05, 0.1) is 17.4 Å². The molecule has 2 rings (SSSR count). The molecular weight excluding hydrogens is 218 g/mol. The van der Waals surface area contributed by atoms with E-state index in [0.717, 1.165) is 5.69 Å². The van der Waals surface area contributed by atoms with Crippen molar-refractivity contribution in [1.29, 1.82) is 0 Å². The van der Waals surface area contributed by atoms with Gasteiger partial charge in [0, 0.05) is 24.7 Å². The molecule has 94 valence electrons. The standard InChI is InChI=1S/C12H19N3O2/c1-7-8(6-15(4)14-7)11(17)13-9-5-10(16)12(9,2)3/h6,9-10,16H,5H2,1-4H3,(H,13,17). The number of nitrogens with one attached hydrogen (secondary N) is 1. The van der Waals surface area contributed by atoms with Gasteiger partial charge in [-0.05, 0) is 13.3 Å². The van der Waals surface area contributed by atoms with Gasteiger partial charge in [-0.25, -0.2) is 0 Å². The van der Waals surface area contributed by atoms with Crippen molar-refractivity contribution >= 4 is 5.91 Å². The number of aliphatic hydroxyl groups excluding tert-OH is 1. The molecule has 2 N–H and O–H groups in total. The van der Waals surface area contributed by atoms with Crippen LogP contribution in [0.1, 0.15) is 36.3 Å². The first-order valence-corrected chi connectivity index (χ1v) is 5.81. The maximum atomic E-state index is 12.0. The summed E-state index contributed by atoms with van der Waals surface area (Å²) >= 11 is 0. The van der Waals surface area contributed by atoms with E-state index in [-0.39, 0.29) is 23.5 Å². The van der Waals surface area contributed by atoms with Gasteiger partial charge in [0.15, 0.2) is 0 Å². The third-order valence-electron chi connectivity index (χ3n) is 3.78. The lowest BCUT2D eigenvalue weighted by atomic mass is 9.64. The van der Waals surface area contributed by atoms with E-state index in [1.54, 1.807) is 17.9 Å². The lowest BCUT2D eigenvalue weighted by Crippen LogP contribution is -2.61. The Morgan fingerprint density at radius 1 is 1.65 bits per heavy atom. The summed E-state index contributed by atoms with van der Waals surface area (Å²) < 4.78 is 1.63. The number of amides is 1. The fourth-order valence-corrected chi connectivity index (χ4v) is 2.21. The fraction of sp³-hybridized carbons (Fsp3) is 0.667. The van der Waals surface area contributed by atoms with Crippen LogP contribution in [0.5, 0.6) is 0 Å². The Bertz CT molecular complexity index is 451. The van der Waals surface area contributed by atoms with Gasteiger partial charge < -0.3 is 10.4 Å². The average Bonchev–Trinajstić information content (AvgIpc) is 2.57. The quantitative estimate of drug-likeness (QED) is 0.792. The molecule has 5 heteroatoms. The van der Waals surface area contributed by atoms with Crippen molar-refractivity contribution in [3.8, 4) is 0 Å². The van der Waals surface area contributed by atoms with E-state index in [1.807, 2.05) is 20.8 Å². The zero-order chi connectivity index (χ0) is 12.8. The molecule has 1 fully saturated rings. The topological polar surface area (TPSA) is 67.2 Å². The minimum absolute atomic E-state index is 0.0320. The van der Waals surface area contributed by atoms with Gasteiger partial charge in [0.1, 0.15) is 0 Å². The molecular formula is C12H19N3O2. The van der Waals surface area contributed by atoms with E-state index >= 15 is 0 Å². The van der Waals surface area contributed by atoms with E-state index in [9.17, 15) is 9.90 Å². The highest BCUT2D eigenvalue weighted by molar-refractivity contribution is 5.95. The molecule has 1 saturated carbocycles. The molecule has 2 unspecified atom stereocenters. The first-order valence-electron chi connectivity index (χ1n) is 5.81. The highest BCUT2D eigenvalue weighted by atomic mass is 16.3. The molecule has 1 aliphatic carbocycles. The molecule has 0 spiro atoms. The van der Waals surface area contributed by atoms with Gasteiger partial charge in [0.25, 0.3) is 5.91 Å². The summed E-state index contributed by atoms with van der Waals surface area (Å²) in [4.78, 5) is 12.0. The molecule has 0 saturated heterocycles. The zero-order valence-corrected chi connectivity index (χ0v) is 10.7. The Labute approximate surface area is 101 Å². The first kappa shape index (κ1) is 12.1. The van der Waals surface area contributed by atoms with Crippen LogP contribution in [0, 0.1) is 12.3 Å². The van der Waals surface area contributed by atoms with Crippen molar-refractivity contribution in [2.45, 2.75) is 39.3 Å². The Balaban J connectivity index is 2.06. The zero-order valence-electron chi connectivity index (χ0n) is 10.7. The van der Waals surface area contributed by atoms with Crippen molar-refractivity contribution in [2.24, 2.45) is 12.5 Å². The summed E-state index contributed by atoms with van der Waals surface area (Å²) in [6.45, 7) is 5.74. The molecule has 1 aromatic rings. The lowest BCUT2D eigenvalue weighted by Gasteiger charge is -2.49. The minimum atomic E-state index is -0.331. The van der Waals surface area contributed by atoms with Crippen molar-refractivity contribution in [3.63, 3.8) is 0 Å². The molecule has 0 aliphatic heterocycles. The number of aromatic nitrogens is 2. The van der Waals surface area contributed by atoms with Crippen LogP contribution in [0.3, 0.4) is 0 Å². The van der Waals surface area contributed by atoms with Gasteiger partial charge >= 0.3 is 0 Å². The molecule has 5 nitrogen and oxygen atoms in total. The maximum Gasteiger partial charge on any atom is 0.254 e. The van der Waals surface area contributed by atoms with Crippen molar-refractivity contribution in [3.05, 3.63) is 17.5 Å². The number of nitrogens with zero attached hydrogens (tertiary/aromatic N) is 2. The molecule has 17 heavy (non-hydrogen) atoms. The predicted molar refractivity (Wildman–Crippen MR) is 63.6 cm³/mol. The molecule has 1 amide bonds. The molecule has 1 heterocycles. The van der Waals surface area contributed by atoms with Gasteiger partial charge in [0.2, 0.25) is 0 Å². The second kappa shape index (κ2) is 3.84. The second-order valence-electron chi connectivity index (χ2n) is 5.40. The Morgan fingerprint density at radius 2 is 2.29 bits per heavy atom. The molecule has 1 aliphatic rings. The van der Waals surface area contributed by atoms with Crippen LogP contribution in [0.15, 0.2) is 6.20 Å².